The third-order valence-corrected chi connectivity index (χ3v) is 4.25. The lowest BCUT2D eigenvalue weighted by atomic mass is 10.0. The zero-order valence-electron chi connectivity index (χ0n) is 14.9. The van der Waals surface area contributed by atoms with E-state index in [0.717, 1.165) is 11.6 Å². The van der Waals surface area contributed by atoms with Gasteiger partial charge in [-0.2, -0.15) is 8.78 Å². The Bertz CT molecular complexity index is 1020. The van der Waals surface area contributed by atoms with E-state index in [9.17, 15) is 30.7 Å². The summed E-state index contributed by atoms with van der Waals surface area (Å²) in [4.78, 5) is 0. The van der Waals surface area contributed by atoms with Gasteiger partial charge in [-0.1, -0.05) is 35.9 Å². The Morgan fingerprint density at radius 3 is 1.97 bits per heavy atom. The maximum absolute atomic E-state index is 14.4. The summed E-state index contributed by atoms with van der Waals surface area (Å²) in [6.45, 7) is 0.294. The summed E-state index contributed by atoms with van der Waals surface area (Å²) in [5, 5.41) is 0. The molecule has 0 bridgehead atoms. The molecule has 8 heteroatoms. The number of hydrogen-bond acceptors (Lipinski definition) is 1. The highest BCUT2D eigenvalue weighted by molar-refractivity contribution is 5.65. The van der Waals surface area contributed by atoms with Crippen LogP contribution in [0.4, 0.5) is 30.7 Å². The lowest BCUT2D eigenvalue weighted by molar-refractivity contribution is -0.187. The van der Waals surface area contributed by atoms with Gasteiger partial charge in [-0.05, 0) is 18.6 Å². The van der Waals surface area contributed by atoms with Gasteiger partial charge in [0, 0.05) is 17.7 Å². The molecule has 0 aromatic heterocycles. The van der Waals surface area contributed by atoms with Crippen LogP contribution in [0.15, 0.2) is 48.5 Å². The van der Waals surface area contributed by atoms with Crippen molar-refractivity contribution in [3.63, 3.8) is 0 Å². The van der Waals surface area contributed by atoms with Gasteiger partial charge in [0.2, 0.25) is 0 Å². The summed E-state index contributed by atoms with van der Waals surface area (Å²) in [7, 11) is 0. The third kappa shape index (κ3) is 4.06. The molecule has 3 rings (SSSR count). The zero-order chi connectivity index (χ0) is 21.3. The molecule has 0 heterocycles. The van der Waals surface area contributed by atoms with Crippen molar-refractivity contribution in [2.24, 2.45) is 0 Å². The van der Waals surface area contributed by atoms with Crippen molar-refractivity contribution in [1.82, 2.24) is 0 Å². The molecule has 3 aromatic rings. The highest BCUT2D eigenvalue weighted by atomic mass is 19.3. The summed E-state index contributed by atoms with van der Waals surface area (Å²) in [6.07, 6.45) is -4.45. The van der Waals surface area contributed by atoms with Crippen LogP contribution in [0.1, 0.15) is 16.7 Å². The third-order valence-electron chi connectivity index (χ3n) is 4.25. The SMILES string of the molecule is Cc1ccc(-c2ccc(C(F)(F)Oc3cc(F)c(CF)c(F)c3)c(F)c2F)cc1. The summed E-state index contributed by atoms with van der Waals surface area (Å²) < 4.78 is 101. The first-order chi connectivity index (χ1) is 13.6. The molecule has 0 amide bonds. The number of alkyl halides is 3. The van der Waals surface area contributed by atoms with Gasteiger partial charge in [0.05, 0.1) is 5.56 Å². The molecular formula is C21H13F7O. The molecule has 0 aliphatic heterocycles. The molecule has 0 radical (unpaired) electrons. The molecule has 0 saturated carbocycles. The second kappa shape index (κ2) is 7.77. The Labute approximate surface area is 161 Å². The monoisotopic (exact) mass is 414 g/mol. The van der Waals surface area contributed by atoms with E-state index in [1.165, 1.54) is 12.1 Å². The second-order valence-electron chi connectivity index (χ2n) is 6.27. The maximum Gasteiger partial charge on any atom is 0.429 e. The molecule has 0 saturated heterocycles. The van der Waals surface area contributed by atoms with Crippen LogP contribution < -0.4 is 4.74 Å². The van der Waals surface area contributed by atoms with Gasteiger partial charge in [-0.3, -0.25) is 0 Å². The predicted molar refractivity (Wildman–Crippen MR) is 92.2 cm³/mol. The van der Waals surface area contributed by atoms with Gasteiger partial charge in [0.25, 0.3) is 0 Å². The second-order valence-corrected chi connectivity index (χ2v) is 6.27. The minimum atomic E-state index is -4.45. The summed E-state index contributed by atoms with van der Waals surface area (Å²) >= 11 is 0. The Hall–Kier alpha value is -3.03. The highest BCUT2D eigenvalue weighted by Crippen LogP contribution is 2.37. The summed E-state index contributed by atoms with van der Waals surface area (Å²) in [5.74, 6) is -7.29. The molecule has 0 aliphatic rings. The average molecular weight is 414 g/mol. The molecule has 0 fully saturated rings. The number of benzene rings is 3. The molecule has 1 nitrogen and oxygen atoms in total. The number of rotatable bonds is 5. The van der Waals surface area contributed by atoms with Crippen molar-refractivity contribution in [3.8, 4) is 16.9 Å². The van der Waals surface area contributed by atoms with Gasteiger partial charge in [-0.25, -0.2) is 22.0 Å². The van der Waals surface area contributed by atoms with Gasteiger partial charge < -0.3 is 4.74 Å². The van der Waals surface area contributed by atoms with Gasteiger partial charge in [0.15, 0.2) is 11.6 Å². The predicted octanol–water partition coefficient (Wildman–Crippen LogP) is 6.82. The van der Waals surface area contributed by atoms with Crippen LogP contribution in [-0.4, -0.2) is 0 Å². The van der Waals surface area contributed by atoms with Crippen LogP contribution in [0, 0.1) is 30.2 Å². The van der Waals surface area contributed by atoms with E-state index in [-0.39, 0.29) is 11.1 Å². The number of aryl methyl sites for hydroxylation is 1. The van der Waals surface area contributed by atoms with Crippen LogP contribution in [0.25, 0.3) is 11.1 Å². The highest BCUT2D eigenvalue weighted by Gasteiger charge is 2.39. The van der Waals surface area contributed by atoms with E-state index in [0.29, 0.717) is 18.2 Å². The van der Waals surface area contributed by atoms with Gasteiger partial charge in [-0.15, -0.1) is 0 Å². The van der Waals surface area contributed by atoms with Crippen molar-refractivity contribution >= 4 is 0 Å². The molecular weight excluding hydrogens is 401 g/mol. The van der Waals surface area contributed by atoms with Crippen LogP contribution in [0.2, 0.25) is 0 Å². The summed E-state index contributed by atoms with van der Waals surface area (Å²) in [6, 6.07) is 8.52. The lowest BCUT2D eigenvalue weighted by Crippen LogP contribution is -2.24. The summed E-state index contributed by atoms with van der Waals surface area (Å²) in [5.41, 5.74) is -1.52. The minimum Gasteiger partial charge on any atom is -0.429 e. The Morgan fingerprint density at radius 1 is 0.828 bits per heavy atom. The first kappa shape index (κ1) is 20.7. The topological polar surface area (TPSA) is 9.23 Å². The maximum atomic E-state index is 14.4. The first-order valence-electron chi connectivity index (χ1n) is 8.30. The molecule has 0 atom stereocenters. The van der Waals surface area contributed by atoms with Crippen LogP contribution in [0.5, 0.6) is 5.75 Å². The molecule has 3 aromatic carbocycles. The first-order valence-corrected chi connectivity index (χ1v) is 8.30. The normalized spacial score (nSPS) is 11.6. The number of halogens is 7. The lowest BCUT2D eigenvalue weighted by Gasteiger charge is -2.20. The van der Waals surface area contributed by atoms with Crippen LogP contribution in [0.3, 0.4) is 0 Å². The smallest absolute Gasteiger partial charge is 0.429 e. The number of ether oxygens (including phenoxy) is 1. The Kier molecular flexibility index (Phi) is 5.55. The van der Waals surface area contributed by atoms with E-state index < -0.39 is 52.9 Å². The minimum absolute atomic E-state index is 0.244. The van der Waals surface area contributed by atoms with Crippen molar-refractivity contribution < 1.29 is 35.5 Å². The number of hydrogen-bond donors (Lipinski definition) is 0. The molecule has 0 unspecified atom stereocenters. The van der Waals surface area contributed by atoms with Gasteiger partial charge in [0.1, 0.15) is 29.6 Å². The Balaban J connectivity index is 1.97. The van der Waals surface area contributed by atoms with Gasteiger partial charge >= 0.3 is 6.11 Å². The van der Waals surface area contributed by atoms with Crippen molar-refractivity contribution in [1.29, 1.82) is 0 Å². The van der Waals surface area contributed by atoms with Crippen LogP contribution >= 0.6 is 0 Å². The zero-order valence-corrected chi connectivity index (χ0v) is 14.9. The van der Waals surface area contributed by atoms with E-state index in [1.807, 2.05) is 0 Å². The fourth-order valence-corrected chi connectivity index (χ4v) is 2.70. The van der Waals surface area contributed by atoms with Crippen molar-refractivity contribution in [3.05, 3.63) is 88.5 Å². The molecule has 0 spiro atoms. The average Bonchev–Trinajstić information content (AvgIpc) is 2.64. The van der Waals surface area contributed by atoms with E-state index in [1.54, 1.807) is 19.1 Å². The fourth-order valence-electron chi connectivity index (χ4n) is 2.70. The van der Waals surface area contributed by atoms with E-state index in [2.05, 4.69) is 4.74 Å². The fraction of sp³-hybridized carbons (Fsp3) is 0.143. The van der Waals surface area contributed by atoms with Crippen molar-refractivity contribution in [2.75, 3.05) is 0 Å². The van der Waals surface area contributed by atoms with Crippen LogP contribution in [-0.2, 0) is 12.8 Å². The largest absolute Gasteiger partial charge is 0.429 e. The standard InChI is InChI=1S/C21H13F7O/c1-11-2-4-12(5-3-11)14-6-7-16(20(26)19(14)25)21(27,28)29-13-8-17(23)15(10-22)18(24)9-13/h2-9H,10H2,1H3. The molecule has 0 N–H and O–H groups in total. The molecule has 0 aliphatic carbocycles. The van der Waals surface area contributed by atoms with E-state index >= 15 is 0 Å². The quantitative estimate of drug-likeness (QED) is 0.417. The Morgan fingerprint density at radius 2 is 1.41 bits per heavy atom. The molecule has 29 heavy (non-hydrogen) atoms. The molecule has 152 valence electrons. The van der Waals surface area contributed by atoms with Crippen molar-refractivity contribution in [2.45, 2.75) is 19.7 Å². The van der Waals surface area contributed by atoms with E-state index in [4.69, 9.17) is 0 Å².